The maximum Gasteiger partial charge on any atom is 0.243 e. The highest BCUT2D eigenvalue weighted by Gasteiger charge is 2.29. The molecule has 0 saturated carbocycles. The van der Waals surface area contributed by atoms with Gasteiger partial charge in [-0.05, 0) is 49.4 Å². The van der Waals surface area contributed by atoms with Crippen LogP contribution in [0.15, 0.2) is 48.5 Å². The molecule has 0 aliphatic carbocycles. The highest BCUT2D eigenvalue weighted by molar-refractivity contribution is 6.35. The molecule has 1 N–H and O–H groups in total. The number of hydrogen-bond donors (Lipinski definition) is 1. The van der Waals surface area contributed by atoms with Crippen LogP contribution in [0, 0.1) is 0 Å². The predicted molar refractivity (Wildman–Crippen MR) is 124 cm³/mol. The van der Waals surface area contributed by atoms with Crippen LogP contribution in [0.5, 0.6) is 0 Å². The van der Waals surface area contributed by atoms with Gasteiger partial charge < -0.3 is 10.2 Å². The van der Waals surface area contributed by atoms with E-state index in [1.165, 1.54) is 0 Å². The number of rotatable bonds is 10. The third-order valence-corrected chi connectivity index (χ3v) is 5.80. The van der Waals surface area contributed by atoms with Crippen LogP contribution in [0.4, 0.5) is 0 Å². The summed E-state index contributed by atoms with van der Waals surface area (Å²) in [5, 5.41) is 4.03. The molecule has 0 bridgehead atoms. The molecule has 4 nitrogen and oxygen atoms in total. The van der Waals surface area contributed by atoms with E-state index < -0.39 is 6.04 Å². The number of carbonyl (C=O) groups is 2. The van der Waals surface area contributed by atoms with E-state index in [0.717, 1.165) is 17.5 Å². The molecule has 2 aromatic rings. The van der Waals surface area contributed by atoms with Crippen LogP contribution in [-0.2, 0) is 22.6 Å². The molecular weight excluding hydrogens is 419 g/mol. The van der Waals surface area contributed by atoms with E-state index in [1.807, 2.05) is 51.1 Å². The Hall–Kier alpha value is -2.04. The first-order valence-corrected chi connectivity index (χ1v) is 11.2. The molecule has 0 heterocycles. The van der Waals surface area contributed by atoms with E-state index in [0.29, 0.717) is 29.3 Å². The van der Waals surface area contributed by atoms with E-state index in [4.69, 9.17) is 23.2 Å². The quantitative estimate of drug-likeness (QED) is 0.510. The molecule has 162 valence electrons. The number of nitrogens with one attached hydrogen (secondary N) is 1. The molecular formula is C24H30Cl2N2O2. The van der Waals surface area contributed by atoms with E-state index in [9.17, 15) is 9.59 Å². The lowest BCUT2D eigenvalue weighted by Gasteiger charge is -2.32. The minimum atomic E-state index is -0.561. The third-order valence-electron chi connectivity index (χ3n) is 5.21. The molecule has 2 unspecified atom stereocenters. The van der Waals surface area contributed by atoms with Crippen LogP contribution in [0.25, 0.3) is 0 Å². The molecule has 0 aliphatic heterocycles. The molecule has 2 amide bonds. The summed E-state index contributed by atoms with van der Waals surface area (Å²) < 4.78 is 0. The summed E-state index contributed by atoms with van der Waals surface area (Å²) >= 11 is 12.4. The van der Waals surface area contributed by atoms with Crippen molar-refractivity contribution < 1.29 is 9.59 Å². The largest absolute Gasteiger partial charge is 0.352 e. The maximum absolute atomic E-state index is 13.2. The van der Waals surface area contributed by atoms with Crippen molar-refractivity contribution in [3.8, 4) is 0 Å². The fraction of sp³-hybridized carbons (Fsp3) is 0.417. The zero-order valence-electron chi connectivity index (χ0n) is 17.8. The van der Waals surface area contributed by atoms with E-state index in [-0.39, 0.29) is 24.4 Å². The molecule has 0 fully saturated rings. The van der Waals surface area contributed by atoms with E-state index in [2.05, 4.69) is 5.32 Å². The second-order valence-electron chi connectivity index (χ2n) is 7.48. The Bertz CT molecular complexity index is 842. The van der Waals surface area contributed by atoms with Crippen molar-refractivity contribution in [3.05, 3.63) is 69.7 Å². The number of amides is 2. The number of nitrogens with zero attached hydrogens (tertiary/aromatic N) is 1. The first kappa shape index (κ1) is 24.2. The summed E-state index contributed by atoms with van der Waals surface area (Å²) in [5.74, 6) is -0.207. The molecule has 2 atom stereocenters. The summed E-state index contributed by atoms with van der Waals surface area (Å²) in [6, 6.07) is 14.6. The smallest absolute Gasteiger partial charge is 0.243 e. The van der Waals surface area contributed by atoms with Gasteiger partial charge in [0, 0.05) is 29.1 Å². The topological polar surface area (TPSA) is 49.4 Å². The molecule has 2 aromatic carbocycles. The van der Waals surface area contributed by atoms with Gasteiger partial charge in [-0.15, -0.1) is 0 Å². The Balaban J connectivity index is 2.24. The van der Waals surface area contributed by atoms with Crippen molar-refractivity contribution >= 4 is 35.0 Å². The molecule has 6 heteroatoms. The fourth-order valence-corrected chi connectivity index (χ4v) is 3.70. The lowest BCUT2D eigenvalue weighted by Crippen LogP contribution is -2.50. The molecule has 30 heavy (non-hydrogen) atoms. The van der Waals surface area contributed by atoms with Crippen LogP contribution in [0.1, 0.15) is 51.2 Å². The number of halogens is 2. The molecule has 0 spiro atoms. The van der Waals surface area contributed by atoms with Gasteiger partial charge in [0.2, 0.25) is 11.8 Å². The summed E-state index contributed by atoms with van der Waals surface area (Å²) in [6.45, 7) is 6.16. The number of benzene rings is 2. The Morgan fingerprint density at radius 2 is 1.73 bits per heavy atom. The molecule has 2 rings (SSSR count). The van der Waals surface area contributed by atoms with Crippen molar-refractivity contribution in [1.82, 2.24) is 10.2 Å². The third kappa shape index (κ3) is 7.03. The maximum atomic E-state index is 13.2. The van der Waals surface area contributed by atoms with Gasteiger partial charge in [0.1, 0.15) is 6.04 Å². The average Bonchev–Trinajstić information content (AvgIpc) is 2.74. The minimum absolute atomic E-state index is 0.0481. The van der Waals surface area contributed by atoms with Crippen LogP contribution in [0.2, 0.25) is 10.0 Å². The van der Waals surface area contributed by atoms with Crippen LogP contribution in [0.3, 0.4) is 0 Å². The van der Waals surface area contributed by atoms with Gasteiger partial charge in [-0.25, -0.2) is 0 Å². The first-order chi connectivity index (χ1) is 14.3. The highest BCUT2D eigenvalue weighted by Crippen LogP contribution is 2.24. The normalized spacial score (nSPS) is 12.8. The van der Waals surface area contributed by atoms with Gasteiger partial charge in [0.15, 0.2) is 0 Å². The lowest BCUT2D eigenvalue weighted by molar-refractivity contribution is -0.141. The molecule has 0 saturated heterocycles. The number of aryl methyl sites for hydroxylation is 1. The highest BCUT2D eigenvalue weighted by atomic mass is 35.5. The fourth-order valence-electron chi connectivity index (χ4n) is 3.23. The van der Waals surface area contributed by atoms with Gasteiger partial charge in [-0.2, -0.15) is 0 Å². The Labute approximate surface area is 189 Å². The Kier molecular flexibility index (Phi) is 9.67. The predicted octanol–water partition coefficient (Wildman–Crippen LogP) is 5.65. The molecule has 0 aliphatic rings. The van der Waals surface area contributed by atoms with Crippen molar-refractivity contribution in [1.29, 1.82) is 0 Å². The SMILES string of the molecule is CCC(C)NC(=O)C(CC)N(Cc1ccc(Cl)cc1Cl)C(=O)CCc1ccccc1. The summed E-state index contributed by atoms with van der Waals surface area (Å²) in [5.41, 5.74) is 1.86. The van der Waals surface area contributed by atoms with Gasteiger partial charge in [-0.1, -0.05) is 73.4 Å². The second-order valence-corrected chi connectivity index (χ2v) is 8.33. The molecule has 0 radical (unpaired) electrons. The number of hydrogen-bond acceptors (Lipinski definition) is 2. The van der Waals surface area contributed by atoms with Crippen molar-refractivity contribution in [2.75, 3.05) is 0 Å². The van der Waals surface area contributed by atoms with Crippen LogP contribution < -0.4 is 5.32 Å². The second kappa shape index (κ2) is 12.0. The van der Waals surface area contributed by atoms with Crippen molar-refractivity contribution in [3.63, 3.8) is 0 Å². The van der Waals surface area contributed by atoms with Crippen molar-refractivity contribution in [2.24, 2.45) is 0 Å². The van der Waals surface area contributed by atoms with Gasteiger partial charge in [-0.3, -0.25) is 9.59 Å². The first-order valence-electron chi connectivity index (χ1n) is 10.4. The summed E-state index contributed by atoms with van der Waals surface area (Å²) in [6.07, 6.45) is 2.29. The zero-order valence-corrected chi connectivity index (χ0v) is 19.3. The minimum Gasteiger partial charge on any atom is -0.352 e. The lowest BCUT2D eigenvalue weighted by atomic mass is 10.1. The van der Waals surface area contributed by atoms with Gasteiger partial charge in [0.05, 0.1) is 0 Å². The summed E-state index contributed by atoms with van der Waals surface area (Å²) in [4.78, 5) is 27.8. The zero-order chi connectivity index (χ0) is 22.1. The van der Waals surface area contributed by atoms with Crippen LogP contribution in [-0.4, -0.2) is 28.8 Å². The Morgan fingerprint density at radius 1 is 1.03 bits per heavy atom. The van der Waals surface area contributed by atoms with Gasteiger partial charge >= 0.3 is 0 Å². The summed E-state index contributed by atoms with van der Waals surface area (Å²) in [7, 11) is 0. The van der Waals surface area contributed by atoms with E-state index >= 15 is 0 Å². The van der Waals surface area contributed by atoms with Crippen LogP contribution >= 0.6 is 23.2 Å². The average molecular weight is 449 g/mol. The molecule has 0 aromatic heterocycles. The Morgan fingerprint density at radius 3 is 2.33 bits per heavy atom. The van der Waals surface area contributed by atoms with Crippen molar-refractivity contribution in [2.45, 2.75) is 65.1 Å². The standard InChI is InChI=1S/C24H30Cl2N2O2/c1-4-17(3)27-24(30)22(5-2)28(16-19-12-13-20(25)15-21(19)26)23(29)14-11-18-9-7-6-8-10-18/h6-10,12-13,15,17,22H,4-5,11,14,16H2,1-3H3,(H,27,30). The van der Waals surface area contributed by atoms with E-state index in [1.54, 1.807) is 23.1 Å². The van der Waals surface area contributed by atoms with Gasteiger partial charge in [0.25, 0.3) is 0 Å². The monoisotopic (exact) mass is 448 g/mol. The number of carbonyl (C=O) groups excluding carboxylic acids is 2.